The molecule has 0 bridgehead atoms. The number of aromatic nitrogens is 1. The first-order valence-electron chi connectivity index (χ1n) is 9.46. The molecule has 1 amide bonds. The molecule has 1 unspecified atom stereocenters. The van der Waals surface area contributed by atoms with Gasteiger partial charge in [0.15, 0.2) is 0 Å². The summed E-state index contributed by atoms with van der Waals surface area (Å²) in [6.45, 7) is 4.25. The third-order valence-corrected chi connectivity index (χ3v) is 5.38. The number of nitrogens with zero attached hydrogens (tertiary/aromatic N) is 1. The summed E-state index contributed by atoms with van der Waals surface area (Å²) in [5.74, 6) is 0.533. The molecular weight excluding hydrogens is 324 g/mol. The van der Waals surface area contributed by atoms with Crippen molar-refractivity contribution in [1.82, 2.24) is 4.57 Å². The van der Waals surface area contributed by atoms with E-state index < -0.39 is 5.54 Å². The van der Waals surface area contributed by atoms with E-state index in [1.165, 1.54) is 0 Å². The summed E-state index contributed by atoms with van der Waals surface area (Å²) in [6.07, 6.45) is 4.36. The van der Waals surface area contributed by atoms with Crippen LogP contribution in [0.25, 0.3) is 21.8 Å². The Bertz CT molecular complexity index is 928. The van der Waals surface area contributed by atoms with Crippen molar-refractivity contribution in [2.45, 2.75) is 51.5 Å². The van der Waals surface area contributed by atoms with Gasteiger partial charge < -0.3 is 15.0 Å². The molecule has 0 radical (unpaired) electrons. The highest BCUT2D eigenvalue weighted by molar-refractivity contribution is 6.09. The van der Waals surface area contributed by atoms with Gasteiger partial charge >= 0.3 is 0 Å². The number of hydrogen-bond acceptors (Lipinski definition) is 2. The van der Waals surface area contributed by atoms with E-state index in [4.69, 9.17) is 10.5 Å². The molecule has 0 aliphatic heterocycles. The number of carbonyl (C=O) groups excluding carboxylic acids is 1. The summed E-state index contributed by atoms with van der Waals surface area (Å²) >= 11 is 0. The quantitative estimate of drug-likeness (QED) is 0.622. The Labute approximate surface area is 154 Å². The van der Waals surface area contributed by atoms with Gasteiger partial charge in [0.1, 0.15) is 11.3 Å². The van der Waals surface area contributed by atoms with Crippen molar-refractivity contribution >= 4 is 27.7 Å². The summed E-state index contributed by atoms with van der Waals surface area (Å²) in [4.78, 5) is 12.8. The molecule has 0 aliphatic rings. The van der Waals surface area contributed by atoms with E-state index >= 15 is 0 Å². The van der Waals surface area contributed by atoms with E-state index in [1.54, 1.807) is 7.11 Å². The number of unbranched alkanes of at least 4 members (excludes halogenated alkanes) is 1. The minimum Gasteiger partial charge on any atom is -0.497 e. The van der Waals surface area contributed by atoms with Gasteiger partial charge in [-0.25, -0.2) is 0 Å². The lowest BCUT2D eigenvalue weighted by Gasteiger charge is -2.34. The third-order valence-electron chi connectivity index (χ3n) is 5.38. The zero-order valence-electron chi connectivity index (χ0n) is 15.9. The maximum absolute atomic E-state index is 12.8. The molecule has 2 N–H and O–H groups in total. The second-order valence-electron chi connectivity index (χ2n) is 6.99. The molecule has 0 spiro atoms. The molecular formula is C22H28N2O2. The molecule has 4 heteroatoms. The van der Waals surface area contributed by atoms with Gasteiger partial charge in [-0.1, -0.05) is 51.3 Å². The summed E-state index contributed by atoms with van der Waals surface area (Å²) in [6, 6.07) is 14.3. The lowest BCUT2D eigenvalue weighted by atomic mass is 9.86. The first-order chi connectivity index (χ1) is 12.6. The van der Waals surface area contributed by atoms with Crippen LogP contribution in [0.1, 0.15) is 46.0 Å². The standard InChI is InChI=1S/C22H28N2O2/c1-4-6-14-22(13-5-2,21(23)25)24-19-10-8-7-9-17(19)18-12-11-16(26-3)15-20(18)24/h7-12,15H,4-6,13-14H2,1-3H3,(H2,23,25). The van der Waals surface area contributed by atoms with Crippen LogP contribution in [0.2, 0.25) is 0 Å². The van der Waals surface area contributed by atoms with Crippen LogP contribution in [0.3, 0.4) is 0 Å². The number of fused-ring (bicyclic) bond motifs is 3. The predicted molar refractivity (Wildman–Crippen MR) is 108 cm³/mol. The molecule has 3 rings (SSSR count). The largest absolute Gasteiger partial charge is 0.497 e. The fourth-order valence-electron chi connectivity index (χ4n) is 4.13. The second kappa shape index (κ2) is 7.40. The molecule has 1 aromatic heterocycles. The predicted octanol–water partition coefficient (Wildman–Crippen LogP) is 4.97. The molecule has 3 aromatic rings. The van der Waals surface area contributed by atoms with Crippen LogP contribution in [-0.2, 0) is 10.3 Å². The minimum absolute atomic E-state index is 0.252. The van der Waals surface area contributed by atoms with Crippen LogP contribution in [0.15, 0.2) is 42.5 Å². The van der Waals surface area contributed by atoms with Crippen molar-refractivity contribution < 1.29 is 9.53 Å². The topological polar surface area (TPSA) is 57.2 Å². The number of ether oxygens (including phenoxy) is 1. The van der Waals surface area contributed by atoms with E-state index in [0.29, 0.717) is 0 Å². The van der Waals surface area contributed by atoms with Gasteiger partial charge in [0, 0.05) is 16.8 Å². The van der Waals surface area contributed by atoms with Crippen LogP contribution in [0.5, 0.6) is 5.75 Å². The fraction of sp³-hybridized carbons (Fsp3) is 0.409. The number of nitrogens with two attached hydrogens (primary N) is 1. The normalized spacial score (nSPS) is 13.8. The van der Waals surface area contributed by atoms with Crippen molar-refractivity contribution in [3.8, 4) is 5.75 Å². The van der Waals surface area contributed by atoms with Crippen molar-refractivity contribution in [3.63, 3.8) is 0 Å². The van der Waals surface area contributed by atoms with Crippen LogP contribution in [0.4, 0.5) is 0 Å². The Balaban J connectivity index is 2.42. The summed E-state index contributed by atoms with van der Waals surface area (Å²) in [7, 11) is 1.67. The SMILES string of the molecule is CCCCC(CCC)(C(N)=O)n1c2ccccc2c2ccc(OC)cc21. The Morgan fingerprint density at radius 2 is 1.77 bits per heavy atom. The van der Waals surface area contributed by atoms with E-state index in [-0.39, 0.29) is 5.91 Å². The van der Waals surface area contributed by atoms with E-state index in [9.17, 15) is 4.79 Å². The van der Waals surface area contributed by atoms with Gasteiger partial charge in [0.2, 0.25) is 5.91 Å². The van der Waals surface area contributed by atoms with Crippen molar-refractivity contribution in [3.05, 3.63) is 42.5 Å². The molecule has 0 fully saturated rings. The molecule has 1 atom stereocenters. The highest BCUT2D eigenvalue weighted by Gasteiger charge is 2.39. The highest BCUT2D eigenvalue weighted by atomic mass is 16.5. The minimum atomic E-state index is -0.724. The van der Waals surface area contributed by atoms with Gasteiger partial charge in [-0.15, -0.1) is 0 Å². The first kappa shape index (κ1) is 18.3. The van der Waals surface area contributed by atoms with Gasteiger partial charge in [-0.3, -0.25) is 4.79 Å². The number of para-hydroxylation sites is 1. The van der Waals surface area contributed by atoms with Crippen molar-refractivity contribution in [2.75, 3.05) is 7.11 Å². The average molecular weight is 352 g/mol. The first-order valence-corrected chi connectivity index (χ1v) is 9.46. The van der Waals surface area contributed by atoms with Gasteiger partial charge in [0.25, 0.3) is 0 Å². The summed E-state index contributed by atoms with van der Waals surface area (Å²) < 4.78 is 7.64. The van der Waals surface area contributed by atoms with E-state index in [2.05, 4.69) is 36.6 Å². The van der Waals surface area contributed by atoms with Crippen LogP contribution < -0.4 is 10.5 Å². The summed E-state index contributed by atoms with van der Waals surface area (Å²) in [5.41, 5.74) is 7.39. The van der Waals surface area contributed by atoms with E-state index in [0.717, 1.165) is 59.7 Å². The molecule has 26 heavy (non-hydrogen) atoms. The monoisotopic (exact) mass is 352 g/mol. The number of primary amides is 1. The smallest absolute Gasteiger partial charge is 0.243 e. The molecule has 1 heterocycles. The van der Waals surface area contributed by atoms with Crippen LogP contribution >= 0.6 is 0 Å². The van der Waals surface area contributed by atoms with Gasteiger partial charge in [-0.05, 0) is 31.0 Å². The lowest BCUT2D eigenvalue weighted by Crippen LogP contribution is -2.46. The third kappa shape index (κ3) is 2.83. The highest BCUT2D eigenvalue weighted by Crippen LogP contribution is 2.40. The molecule has 2 aromatic carbocycles. The zero-order chi connectivity index (χ0) is 18.7. The van der Waals surface area contributed by atoms with Gasteiger partial charge in [-0.2, -0.15) is 0 Å². The van der Waals surface area contributed by atoms with Crippen molar-refractivity contribution in [2.24, 2.45) is 5.73 Å². The Morgan fingerprint density at radius 1 is 1.04 bits per heavy atom. The van der Waals surface area contributed by atoms with Crippen LogP contribution in [0, 0.1) is 0 Å². The zero-order valence-corrected chi connectivity index (χ0v) is 15.9. The Hall–Kier alpha value is -2.49. The van der Waals surface area contributed by atoms with Gasteiger partial charge in [0.05, 0.1) is 18.1 Å². The number of rotatable bonds is 8. The van der Waals surface area contributed by atoms with Crippen molar-refractivity contribution in [1.29, 1.82) is 0 Å². The lowest BCUT2D eigenvalue weighted by molar-refractivity contribution is -0.127. The maximum Gasteiger partial charge on any atom is 0.243 e. The second-order valence-corrected chi connectivity index (χ2v) is 6.99. The number of hydrogen-bond donors (Lipinski definition) is 1. The molecule has 138 valence electrons. The number of methoxy groups -OCH3 is 1. The number of amides is 1. The van der Waals surface area contributed by atoms with Crippen LogP contribution in [-0.4, -0.2) is 17.6 Å². The molecule has 4 nitrogen and oxygen atoms in total. The Kier molecular flexibility index (Phi) is 5.21. The fourth-order valence-corrected chi connectivity index (χ4v) is 4.13. The molecule has 0 saturated heterocycles. The maximum atomic E-state index is 12.8. The molecule has 0 saturated carbocycles. The number of benzene rings is 2. The Morgan fingerprint density at radius 3 is 2.42 bits per heavy atom. The number of carbonyl (C=O) groups is 1. The summed E-state index contributed by atoms with van der Waals surface area (Å²) in [5, 5.41) is 2.27. The van der Waals surface area contributed by atoms with E-state index in [1.807, 2.05) is 24.3 Å². The average Bonchev–Trinajstić information content (AvgIpc) is 2.99. The molecule has 0 aliphatic carbocycles.